The Bertz CT molecular complexity index is 1020. The van der Waals surface area contributed by atoms with Crippen LogP contribution in [0, 0.1) is 0 Å². The van der Waals surface area contributed by atoms with E-state index in [0.29, 0.717) is 59.4 Å². The SMILES string of the molecule is CC(C)(C)OC(=O)NC12CC(NC(=O)c3[nH]c4cc(Cl)cc(O)c4c3CCN)(C1)C2. The lowest BCUT2D eigenvalue weighted by molar-refractivity contribution is -0.0969. The minimum Gasteiger partial charge on any atom is -0.507 e. The van der Waals surface area contributed by atoms with E-state index in [2.05, 4.69) is 15.6 Å². The molecule has 3 aliphatic rings. The number of nitrogens with two attached hydrogens (primary N) is 1. The van der Waals surface area contributed by atoms with Crippen LogP contribution in [-0.2, 0) is 11.2 Å². The molecule has 2 amide bonds. The van der Waals surface area contributed by atoms with Gasteiger partial charge in [0.15, 0.2) is 0 Å². The van der Waals surface area contributed by atoms with Crippen molar-refractivity contribution in [2.45, 2.75) is 63.1 Å². The van der Waals surface area contributed by atoms with E-state index >= 15 is 0 Å². The first-order valence-electron chi connectivity index (χ1n) is 10.0. The van der Waals surface area contributed by atoms with Crippen molar-refractivity contribution in [2.75, 3.05) is 6.54 Å². The third-order valence-electron chi connectivity index (χ3n) is 5.74. The van der Waals surface area contributed by atoms with E-state index in [0.717, 1.165) is 0 Å². The van der Waals surface area contributed by atoms with Crippen LogP contribution in [0.25, 0.3) is 10.9 Å². The number of hydrogen-bond donors (Lipinski definition) is 5. The molecule has 0 saturated heterocycles. The van der Waals surface area contributed by atoms with E-state index in [1.54, 1.807) is 6.07 Å². The average molecular weight is 435 g/mol. The van der Waals surface area contributed by atoms with Gasteiger partial charge in [0, 0.05) is 15.9 Å². The second-order valence-electron chi connectivity index (χ2n) is 9.54. The Labute approximate surface area is 179 Å². The minimum absolute atomic E-state index is 0.0160. The molecule has 0 unspecified atom stereocenters. The summed E-state index contributed by atoms with van der Waals surface area (Å²) in [7, 11) is 0. The van der Waals surface area contributed by atoms with Crippen LogP contribution >= 0.6 is 11.6 Å². The van der Waals surface area contributed by atoms with Gasteiger partial charge in [-0.05, 0) is 70.7 Å². The van der Waals surface area contributed by atoms with E-state index in [1.165, 1.54) is 6.07 Å². The van der Waals surface area contributed by atoms with Crippen molar-refractivity contribution in [1.82, 2.24) is 15.6 Å². The number of aromatic hydroxyl groups is 1. The largest absolute Gasteiger partial charge is 0.507 e. The Balaban J connectivity index is 1.46. The predicted octanol–water partition coefficient (Wildman–Crippen LogP) is 2.96. The molecule has 0 spiro atoms. The van der Waals surface area contributed by atoms with E-state index in [-0.39, 0.29) is 22.7 Å². The number of phenols is 1. The number of carbonyl (C=O) groups excluding carboxylic acids is 2. The van der Waals surface area contributed by atoms with Gasteiger partial charge in [0.25, 0.3) is 5.91 Å². The molecular formula is C21H27ClN4O4. The molecule has 3 aliphatic carbocycles. The zero-order valence-corrected chi connectivity index (χ0v) is 18.1. The first-order valence-corrected chi connectivity index (χ1v) is 10.4. The second kappa shape index (κ2) is 6.78. The molecule has 1 aromatic heterocycles. The van der Waals surface area contributed by atoms with Gasteiger partial charge in [-0.1, -0.05) is 11.6 Å². The quantitative estimate of drug-likeness (QED) is 0.494. The summed E-state index contributed by atoms with van der Waals surface area (Å²) in [4.78, 5) is 28.2. The molecule has 162 valence electrons. The van der Waals surface area contributed by atoms with E-state index in [9.17, 15) is 14.7 Å². The average Bonchev–Trinajstić information content (AvgIpc) is 2.89. The molecule has 3 saturated carbocycles. The smallest absolute Gasteiger partial charge is 0.408 e. The van der Waals surface area contributed by atoms with Gasteiger partial charge in [-0.3, -0.25) is 4.79 Å². The lowest BCUT2D eigenvalue weighted by Crippen LogP contribution is -2.83. The van der Waals surface area contributed by atoms with Crippen molar-refractivity contribution in [3.05, 3.63) is 28.4 Å². The van der Waals surface area contributed by atoms with Gasteiger partial charge < -0.3 is 31.2 Å². The van der Waals surface area contributed by atoms with Crippen LogP contribution < -0.4 is 16.4 Å². The van der Waals surface area contributed by atoms with Gasteiger partial charge in [-0.15, -0.1) is 0 Å². The van der Waals surface area contributed by atoms with E-state index < -0.39 is 11.7 Å². The maximum Gasteiger partial charge on any atom is 0.408 e. The third-order valence-corrected chi connectivity index (χ3v) is 5.96. The highest BCUT2D eigenvalue weighted by Gasteiger charge is 2.69. The van der Waals surface area contributed by atoms with Crippen molar-refractivity contribution in [3.63, 3.8) is 0 Å². The fourth-order valence-electron chi connectivity index (χ4n) is 4.81. The van der Waals surface area contributed by atoms with Gasteiger partial charge in [-0.25, -0.2) is 4.79 Å². The third kappa shape index (κ3) is 3.58. The topological polar surface area (TPSA) is 129 Å². The zero-order valence-electron chi connectivity index (χ0n) is 17.3. The number of ether oxygens (including phenoxy) is 1. The number of aromatic amines is 1. The fraction of sp³-hybridized carbons (Fsp3) is 0.524. The molecule has 2 aromatic rings. The molecule has 0 aliphatic heterocycles. The molecule has 2 bridgehead atoms. The number of amides is 2. The molecule has 9 heteroatoms. The van der Waals surface area contributed by atoms with Crippen molar-refractivity contribution in [1.29, 1.82) is 0 Å². The summed E-state index contributed by atoms with van der Waals surface area (Å²) in [6.07, 6.45) is 1.99. The number of alkyl carbamates (subject to hydrolysis) is 1. The number of rotatable bonds is 5. The lowest BCUT2D eigenvalue weighted by atomic mass is 9.44. The Morgan fingerprint density at radius 3 is 2.47 bits per heavy atom. The summed E-state index contributed by atoms with van der Waals surface area (Å²) in [6, 6.07) is 3.13. The summed E-state index contributed by atoms with van der Waals surface area (Å²) in [6.45, 7) is 5.80. The number of aromatic nitrogens is 1. The highest BCUT2D eigenvalue weighted by atomic mass is 35.5. The van der Waals surface area contributed by atoms with Gasteiger partial charge in [0.2, 0.25) is 0 Å². The Morgan fingerprint density at radius 2 is 1.87 bits per heavy atom. The monoisotopic (exact) mass is 434 g/mol. The number of fused-ring (bicyclic) bond motifs is 1. The minimum atomic E-state index is -0.553. The highest BCUT2D eigenvalue weighted by molar-refractivity contribution is 6.31. The molecule has 0 radical (unpaired) electrons. The first kappa shape index (κ1) is 20.8. The summed E-state index contributed by atoms with van der Waals surface area (Å²) in [5.41, 5.74) is 6.19. The fourth-order valence-corrected chi connectivity index (χ4v) is 5.02. The molecule has 1 heterocycles. The summed E-state index contributed by atoms with van der Waals surface area (Å²) >= 11 is 6.03. The standard InChI is InChI=1S/C21H27ClN4O4/c1-19(2,3)30-18(29)26-21-8-20(9-21,10-21)25-17(28)16-12(4-5-23)15-13(24-16)6-11(22)7-14(15)27/h6-7,24,27H,4-5,8-10,23H2,1-3H3,(H,25,28)(H,26,29). The number of hydrogen-bond acceptors (Lipinski definition) is 5. The first-order chi connectivity index (χ1) is 13.9. The van der Waals surface area contributed by atoms with Crippen LogP contribution in [0.1, 0.15) is 56.1 Å². The molecule has 6 N–H and O–H groups in total. The summed E-state index contributed by atoms with van der Waals surface area (Å²) in [5, 5.41) is 17.3. The van der Waals surface area contributed by atoms with Crippen molar-refractivity contribution in [2.24, 2.45) is 5.73 Å². The van der Waals surface area contributed by atoms with Gasteiger partial charge in [0.05, 0.1) is 11.1 Å². The number of H-pyrrole nitrogens is 1. The van der Waals surface area contributed by atoms with Crippen LogP contribution in [0.3, 0.4) is 0 Å². The number of halogens is 1. The molecule has 30 heavy (non-hydrogen) atoms. The summed E-state index contributed by atoms with van der Waals surface area (Å²) in [5.74, 6) is -0.238. The maximum absolute atomic E-state index is 13.0. The van der Waals surface area contributed by atoms with E-state index in [4.69, 9.17) is 22.1 Å². The van der Waals surface area contributed by atoms with Gasteiger partial charge >= 0.3 is 6.09 Å². The maximum atomic E-state index is 13.0. The van der Waals surface area contributed by atoms with Crippen molar-refractivity contribution in [3.8, 4) is 5.75 Å². The van der Waals surface area contributed by atoms with Crippen LogP contribution in [0.2, 0.25) is 5.02 Å². The van der Waals surface area contributed by atoms with Crippen LogP contribution in [0.4, 0.5) is 4.79 Å². The molecule has 8 nitrogen and oxygen atoms in total. The number of nitrogens with one attached hydrogen (secondary N) is 3. The second-order valence-corrected chi connectivity index (χ2v) is 9.97. The predicted molar refractivity (Wildman–Crippen MR) is 114 cm³/mol. The lowest BCUT2D eigenvalue weighted by Gasteiger charge is -2.70. The Hall–Kier alpha value is -2.45. The van der Waals surface area contributed by atoms with E-state index in [1.807, 2.05) is 20.8 Å². The Morgan fingerprint density at radius 1 is 1.23 bits per heavy atom. The zero-order chi connectivity index (χ0) is 21.9. The summed E-state index contributed by atoms with van der Waals surface area (Å²) < 4.78 is 5.33. The molecular weight excluding hydrogens is 408 g/mol. The number of carbonyl (C=O) groups is 2. The van der Waals surface area contributed by atoms with Gasteiger partial charge in [-0.2, -0.15) is 0 Å². The van der Waals surface area contributed by atoms with Gasteiger partial charge in [0.1, 0.15) is 17.0 Å². The van der Waals surface area contributed by atoms with Crippen LogP contribution in [0.15, 0.2) is 12.1 Å². The van der Waals surface area contributed by atoms with Crippen LogP contribution in [-0.4, -0.2) is 45.3 Å². The van der Waals surface area contributed by atoms with Crippen LogP contribution in [0.5, 0.6) is 5.75 Å². The van der Waals surface area contributed by atoms with Crippen molar-refractivity contribution < 1.29 is 19.4 Å². The highest BCUT2D eigenvalue weighted by Crippen LogP contribution is 2.60. The Kier molecular flexibility index (Phi) is 4.70. The molecule has 1 aromatic carbocycles. The molecule has 5 rings (SSSR count). The molecule has 3 fully saturated rings. The number of benzene rings is 1. The van der Waals surface area contributed by atoms with Crippen molar-refractivity contribution >= 4 is 34.5 Å². The normalized spacial score (nSPS) is 24.7. The number of phenolic OH excluding ortho intramolecular Hbond substituents is 1. The molecule has 0 atom stereocenters.